The Kier molecular flexibility index (Phi) is 4.12. The maximum absolute atomic E-state index is 11.6. The highest BCUT2D eigenvalue weighted by molar-refractivity contribution is 7.10. The molecule has 2 rings (SSSR count). The molecule has 0 fully saturated rings. The number of hydrogen-bond donors (Lipinski definition) is 1. The second-order valence-corrected chi connectivity index (χ2v) is 4.89. The van der Waals surface area contributed by atoms with Gasteiger partial charge in [-0.1, -0.05) is 29.8 Å². The molecule has 1 aromatic carbocycles. The van der Waals surface area contributed by atoms with Crippen molar-refractivity contribution in [2.75, 3.05) is 5.32 Å². The van der Waals surface area contributed by atoms with E-state index in [1.165, 1.54) is 17.6 Å². The number of carbonyl (C=O) groups excluding carboxylic acids is 1. The average molecular weight is 279 g/mol. The summed E-state index contributed by atoms with van der Waals surface area (Å²) in [4.78, 5) is 11.6. The van der Waals surface area contributed by atoms with Crippen LogP contribution in [-0.2, 0) is 4.79 Å². The lowest BCUT2D eigenvalue weighted by molar-refractivity contribution is -0.111. The third-order valence-electron chi connectivity index (χ3n) is 2.19. The number of benzene rings is 1. The Balaban J connectivity index is 2.01. The number of hydrogen-bond acceptors (Lipinski definition) is 3. The van der Waals surface area contributed by atoms with Gasteiger partial charge in [-0.3, -0.25) is 4.79 Å². The number of anilines is 1. The summed E-state index contributed by atoms with van der Waals surface area (Å²) in [7, 11) is 0. The minimum atomic E-state index is -0.196. The van der Waals surface area contributed by atoms with Gasteiger partial charge in [-0.05, 0) is 42.2 Å². The Labute approximate surface area is 114 Å². The monoisotopic (exact) mass is 278 g/mol. The van der Waals surface area contributed by atoms with E-state index >= 15 is 0 Å². The van der Waals surface area contributed by atoms with Crippen LogP contribution in [0.15, 0.2) is 36.4 Å². The highest BCUT2D eigenvalue weighted by Crippen LogP contribution is 2.17. The van der Waals surface area contributed by atoms with Crippen molar-refractivity contribution < 1.29 is 4.79 Å². The number of amides is 1. The first kappa shape index (κ1) is 12.8. The molecule has 0 aliphatic heterocycles. The summed E-state index contributed by atoms with van der Waals surface area (Å²) < 4.78 is 4.08. The molecular formula is C13H11ClN2OS. The predicted molar refractivity (Wildman–Crippen MR) is 76.0 cm³/mol. The highest BCUT2D eigenvalue weighted by Gasteiger charge is 2.01. The number of nitrogens with one attached hydrogen (secondary N) is 1. The Morgan fingerprint density at radius 2 is 2.22 bits per heavy atom. The molecule has 1 heterocycles. The Morgan fingerprint density at radius 1 is 1.44 bits per heavy atom. The SMILES string of the molecule is Cc1cc(NC(=O)/C=C/c2ccccc2Cl)sn1. The summed E-state index contributed by atoms with van der Waals surface area (Å²) in [5.74, 6) is -0.196. The van der Waals surface area contributed by atoms with Crippen molar-refractivity contribution in [3.05, 3.63) is 52.7 Å². The second kappa shape index (κ2) is 5.80. The minimum absolute atomic E-state index is 0.196. The molecule has 92 valence electrons. The van der Waals surface area contributed by atoms with Crippen LogP contribution in [0.1, 0.15) is 11.3 Å². The summed E-state index contributed by atoms with van der Waals surface area (Å²) >= 11 is 7.24. The molecular weight excluding hydrogens is 268 g/mol. The lowest BCUT2D eigenvalue weighted by Gasteiger charge is -1.97. The number of rotatable bonds is 3. The number of aryl methyl sites for hydroxylation is 1. The molecule has 0 aliphatic carbocycles. The molecule has 1 aromatic heterocycles. The van der Waals surface area contributed by atoms with Crippen molar-refractivity contribution in [2.45, 2.75) is 6.92 Å². The zero-order chi connectivity index (χ0) is 13.0. The number of nitrogens with zero attached hydrogens (tertiary/aromatic N) is 1. The van der Waals surface area contributed by atoms with Crippen LogP contribution in [-0.4, -0.2) is 10.3 Å². The first-order valence-corrected chi connectivity index (χ1v) is 6.47. The molecule has 5 heteroatoms. The molecule has 0 aliphatic rings. The lowest BCUT2D eigenvalue weighted by Crippen LogP contribution is -2.06. The van der Waals surface area contributed by atoms with Crippen LogP contribution in [0.4, 0.5) is 5.00 Å². The average Bonchev–Trinajstić information content (AvgIpc) is 2.74. The van der Waals surface area contributed by atoms with Gasteiger partial charge >= 0.3 is 0 Å². The third-order valence-corrected chi connectivity index (χ3v) is 3.33. The summed E-state index contributed by atoms with van der Waals surface area (Å²) in [6.07, 6.45) is 3.14. The minimum Gasteiger partial charge on any atom is -0.313 e. The van der Waals surface area contributed by atoms with Crippen molar-refractivity contribution in [3.63, 3.8) is 0 Å². The van der Waals surface area contributed by atoms with Crippen LogP contribution in [0.3, 0.4) is 0 Å². The smallest absolute Gasteiger partial charge is 0.249 e. The Hall–Kier alpha value is -1.65. The van der Waals surface area contributed by atoms with Gasteiger partial charge in [-0.2, -0.15) is 4.37 Å². The van der Waals surface area contributed by atoms with E-state index in [2.05, 4.69) is 9.69 Å². The molecule has 1 N–H and O–H groups in total. The van der Waals surface area contributed by atoms with Crippen molar-refractivity contribution in [1.29, 1.82) is 0 Å². The molecule has 0 spiro atoms. The molecule has 0 saturated heterocycles. The van der Waals surface area contributed by atoms with Crippen LogP contribution >= 0.6 is 23.1 Å². The van der Waals surface area contributed by atoms with Gasteiger partial charge in [-0.25, -0.2) is 0 Å². The molecule has 0 saturated carbocycles. The van der Waals surface area contributed by atoms with Gasteiger partial charge in [0.1, 0.15) is 5.00 Å². The fourth-order valence-electron chi connectivity index (χ4n) is 1.36. The van der Waals surface area contributed by atoms with Crippen LogP contribution in [0.25, 0.3) is 6.08 Å². The normalized spacial score (nSPS) is 10.8. The van der Waals surface area contributed by atoms with E-state index < -0.39 is 0 Å². The molecule has 0 bridgehead atoms. The summed E-state index contributed by atoms with van der Waals surface area (Å²) in [6, 6.07) is 9.18. The van der Waals surface area contributed by atoms with E-state index in [0.29, 0.717) is 5.02 Å². The van der Waals surface area contributed by atoms with Crippen molar-refractivity contribution in [1.82, 2.24) is 4.37 Å². The van der Waals surface area contributed by atoms with E-state index in [1.807, 2.05) is 31.2 Å². The van der Waals surface area contributed by atoms with Gasteiger partial charge in [-0.15, -0.1) is 0 Å². The van der Waals surface area contributed by atoms with Crippen LogP contribution in [0, 0.1) is 6.92 Å². The van der Waals surface area contributed by atoms with Gasteiger partial charge in [0.25, 0.3) is 0 Å². The molecule has 0 unspecified atom stereocenters. The van der Waals surface area contributed by atoms with Crippen LogP contribution in [0.5, 0.6) is 0 Å². The second-order valence-electron chi connectivity index (χ2n) is 3.68. The molecule has 3 nitrogen and oxygen atoms in total. The third kappa shape index (κ3) is 3.42. The van der Waals surface area contributed by atoms with Crippen molar-refractivity contribution in [2.24, 2.45) is 0 Å². The van der Waals surface area contributed by atoms with Gasteiger partial charge in [0, 0.05) is 11.1 Å². The van der Waals surface area contributed by atoms with Gasteiger partial charge in [0.15, 0.2) is 0 Å². The number of carbonyl (C=O) groups is 1. The van der Waals surface area contributed by atoms with Crippen LogP contribution < -0.4 is 5.32 Å². The quantitative estimate of drug-likeness (QED) is 0.869. The van der Waals surface area contributed by atoms with E-state index in [0.717, 1.165) is 16.3 Å². The topological polar surface area (TPSA) is 42.0 Å². The Bertz CT molecular complexity index is 592. The largest absolute Gasteiger partial charge is 0.313 e. The van der Waals surface area contributed by atoms with E-state index in [1.54, 1.807) is 12.1 Å². The van der Waals surface area contributed by atoms with E-state index in [4.69, 9.17) is 11.6 Å². The van der Waals surface area contributed by atoms with Gasteiger partial charge < -0.3 is 5.32 Å². The zero-order valence-electron chi connectivity index (χ0n) is 9.68. The fraction of sp³-hybridized carbons (Fsp3) is 0.0769. The number of aromatic nitrogens is 1. The molecule has 1 amide bonds. The fourth-order valence-corrected chi connectivity index (χ4v) is 2.22. The summed E-state index contributed by atoms with van der Waals surface area (Å²) in [5.41, 5.74) is 1.71. The lowest BCUT2D eigenvalue weighted by atomic mass is 10.2. The molecule has 0 atom stereocenters. The summed E-state index contributed by atoms with van der Waals surface area (Å²) in [6.45, 7) is 1.88. The van der Waals surface area contributed by atoms with Crippen molar-refractivity contribution in [3.8, 4) is 0 Å². The van der Waals surface area contributed by atoms with Gasteiger partial charge in [0.2, 0.25) is 5.91 Å². The maximum Gasteiger partial charge on any atom is 0.249 e. The molecule has 0 radical (unpaired) electrons. The standard InChI is InChI=1S/C13H11ClN2OS/c1-9-8-13(18-16-9)15-12(17)7-6-10-4-2-3-5-11(10)14/h2-8H,1H3,(H,15,17)/b7-6+. The highest BCUT2D eigenvalue weighted by atomic mass is 35.5. The van der Waals surface area contributed by atoms with E-state index in [9.17, 15) is 4.79 Å². The summed E-state index contributed by atoms with van der Waals surface area (Å²) in [5, 5.41) is 4.10. The van der Waals surface area contributed by atoms with Gasteiger partial charge in [0.05, 0.1) is 5.69 Å². The molecule has 2 aromatic rings. The van der Waals surface area contributed by atoms with E-state index in [-0.39, 0.29) is 5.91 Å². The zero-order valence-corrected chi connectivity index (χ0v) is 11.3. The van der Waals surface area contributed by atoms with Crippen molar-refractivity contribution >= 4 is 40.1 Å². The Morgan fingerprint density at radius 3 is 2.89 bits per heavy atom. The number of halogens is 1. The maximum atomic E-state index is 11.6. The first-order valence-electron chi connectivity index (χ1n) is 5.32. The van der Waals surface area contributed by atoms with Crippen LogP contribution in [0.2, 0.25) is 5.02 Å². The first-order chi connectivity index (χ1) is 8.65. The molecule has 18 heavy (non-hydrogen) atoms. The predicted octanol–water partition coefficient (Wildman–Crippen LogP) is 3.76.